The molecule has 1 unspecified atom stereocenters. The van der Waals surface area contributed by atoms with Crippen LogP contribution in [0.4, 0.5) is 0 Å². The number of nitrogens with one attached hydrogen (secondary N) is 1. The van der Waals surface area contributed by atoms with Crippen molar-refractivity contribution in [2.24, 2.45) is 0 Å². The summed E-state index contributed by atoms with van der Waals surface area (Å²) in [5.74, 6) is 0.178. The summed E-state index contributed by atoms with van der Waals surface area (Å²) >= 11 is 0. The predicted octanol–water partition coefficient (Wildman–Crippen LogP) is 2.71. The zero-order valence-electron chi connectivity index (χ0n) is 11.4. The van der Waals surface area contributed by atoms with Crippen LogP contribution in [0.3, 0.4) is 0 Å². The summed E-state index contributed by atoms with van der Waals surface area (Å²) in [4.78, 5) is 0. The van der Waals surface area contributed by atoms with E-state index in [1.165, 1.54) is 31.7 Å². The summed E-state index contributed by atoms with van der Waals surface area (Å²) in [6.07, 6.45) is 5.40. The Morgan fingerprint density at radius 2 is 1.84 bits per heavy atom. The van der Waals surface area contributed by atoms with Crippen LogP contribution in [-0.2, 0) is 4.74 Å². The number of benzene rings is 1. The first-order chi connectivity index (χ1) is 9.15. The van der Waals surface area contributed by atoms with E-state index in [0.29, 0.717) is 12.7 Å². The van der Waals surface area contributed by atoms with E-state index >= 15 is 0 Å². The second kappa shape index (κ2) is 6.78. The molecule has 19 heavy (non-hydrogen) atoms. The van der Waals surface area contributed by atoms with Gasteiger partial charge in [0, 0.05) is 18.7 Å². The van der Waals surface area contributed by atoms with Crippen molar-refractivity contribution in [2.45, 2.75) is 44.8 Å². The molecule has 0 amide bonds. The maximum absolute atomic E-state index is 9.45. The largest absolute Gasteiger partial charge is 0.508 e. The van der Waals surface area contributed by atoms with E-state index in [0.717, 1.165) is 12.1 Å². The van der Waals surface area contributed by atoms with Gasteiger partial charge in [-0.3, -0.25) is 0 Å². The van der Waals surface area contributed by atoms with E-state index in [9.17, 15) is 10.2 Å². The predicted molar refractivity (Wildman–Crippen MR) is 74.4 cm³/mol. The first kappa shape index (κ1) is 14.2. The molecule has 4 heteroatoms. The van der Waals surface area contributed by atoms with E-state index in [1.807, 2.05) is 6.92 Å². The van der Waals surface area contributed by atoms with Gasteiger partial charge in [-0.2, -0.15) is 0 Å². The third-order valence-corrected chi connectivity index (χ3v) is 3.63. The Balaban J connectivity index is 1.72. The highest BCUT2D eigenvalue weighted by atomic mass is 16.5. The molecule has 1 aromatic carbocycles. The van der Waals surface area contributed by atoms with Crippen molar-refractivity contribution in [1.29, 1.82) is 0 Å². The van der Waals surface area contributed by atoms with Crippen molar-refractivity contribution in [3.8, 4) is 11.5 Å². The van der Waals surface area contributed by atoms with Crippen LogP contribution in [0.5, 0.6) is 11.5 Å². The molecule has 3 N–H and O–H groups in total. The first-order valence-corrected chi connectivity index (χ1v) is 7.03. The van der Waals surface area contributed by atoms with Gasteiger partial charge in [-0.05, 0) is 37.5 Å². The van der Waals surface area contributed by atoms with E-state index in [2.05, 4.69) is 5.32 Å². The van der Waals surface area contributed by atoms with Crippen molar-refractivity contribution in [3.05, 3.63) is 23.8 Å². The summed E-state index contributed by atoms with van der Waals surface area (Å²) < 4.78 is 5.78. The lowest BCUT2D eigenvalue weighted by Gasteiger charge is -2.16. The molecule has 4 nitrogen and oxygen atoms in total. The summed E-state index contributed by atoms with van der Waals surface area (Å²) in [6.45, 7) is 3.48. The lowest BCUT2D eigenvalue weighted by molar-refractivity contribution is 0.0593. The van der Waals surface area contributed by atoms with Crippen LogP contribution >= 0.6 is 0 Å². The minimum absolute atomic E-state index is 0.0742. The maximum Gasteiger partial charge on any atom is 0.119 e. The van der Waals surface area contributed by atoms with Crippen molar-refractivity contribution in [3.63, 3.8) is 0 Å². The van der Waals surface area contributed by atoms with Crippen LogP contribution < -0.4 is 5.32 Å². The zero-order chi connectivity index (χ0) is 13.7. The fraction of sp³-hybridized carbons (Fsp3) is 0.600. The molecule has 106 valence electrons. The fourth-order valence-corrected chi connectivity index (χ4v) is 2.54. The van der Waals surface area contributed by atoms with Gasteiger partial charge in [0.2, 0.25) is 0 Å². The van der Waals surface area contributed by atoms with E-state index < -0.39 is 0 Å². The summed E-state index contributed by atoms with van der Waals surface area (Å²) in [6, 6.07) is 4.73. The van der Waals surface area contributed by atoms with E-state index in [1.54, 1.807) is 12.1 Å². The normalized spacial score (nSPS) is 17.7. The molecular weight excluding hydrogens is 242 g/mol. The highest BCUT2D eigenvalue weighted by Gasteiger charge is 2.15. The lowest BCUT2D eigenvalue weighted by atomic mass is 10.1. The standard InChI is InChI=1S/C15H23NO3/c1-11(12-8-13(17)10-14(18)9-12)16-6-7-19-15-4-2-3-5-15/h8-11,15-18H,2-7H2,1H3. The number of ether oxygens (including phenoxy) is 1. The molecule has 1 atom stereocenters. The van der Waals surface area contributed by atoms with Gasteiger partial charge in [0.1, 0.15) is 11.5 Å². The van der Waals surface area contributed by atoms with Gasteiger partial charge in [0.25, 0.3) is 0 Å². The van der Waals surface area contributed by atoms with Gasteiger partial charge in [-0.1, -0.05) is 12.8 Å². The summed E-state index contributed by atoms with van der Waals surface area (Å²) in [5.41, 5.74) is 0.873. The molecule has 1 saturated carbocycles. The fourth-order valence-electron chi connectivity index (χ4n) is 2.54. The van der Waals surface area contributed by atoms with Crippen molar-refractivity contribution >= 4 is 0 Å². The molecule has 0 radical (unpaired) electrons. The molecule has 0 heterocycles. The molecule has 1 aliphatic rings. The molecule has 1 aliphatic carbocycles. The second-order valence-electron chi connectivity index (χ2n) is 5.24. The van der Waals surface area contributed by atoms with Crippen LogP contribution in [0.15, 0.2) is 18.2 Å². The minimum atomic E-state index is 0.0742. The van der Waals surface area contributed by atoms with Crippen LogP contribution in [0.25, 0.3) is 0 Å². The molecule has 1 fully saturated rings. The van der Waals surface area contributed by atoms with Gasteiger partial charge in [0.05, 0.1) is 12.7 Å². The van der Waals surface area contributed by atoms with Gasteiger partial charge in [-0.15, -0.1) is 0 Å². The van der Waals surface area contributed by atoms with Crippen LogP contribution in [0.2, 0.25) is 0 Å². The smallest absolute Gasteiger partial charge is 0.119 e. The molecular formula is C15H23NO3. The number of phenolic OH excluding ortho intramolecular Hbond substituents is 2. The van der Waals surface area contributed by atoms with Crippen molar-refractivity contribution in [2.75, 3.05) is 13.2 Å². The van der Waals surface area contributed by atoms with Gasteiger partial charge in [0.15, 0.2) is 0 Å². The topological polar surface area (TPSA) is 61.7 Å². The third-order valence-electron chi connectivity index (χ3n) is 3.63. The molecule has 0 aliphatic heterocycles. The number of phenols is 2. The highest BCUT2D eigenvalue weighted by molar-refractivity contribution is 5.37. The SMILES string of the molecule is CC(NCCOC1CCCC1)c1cc(O)cc(O)c1. The number of aromatic hydroxyl groups is 2. The third kappa shape index (κ3) is 4.40. The van der Waals surface area contributed by atoms with Gasteiger partial charge >= 0.3 is 0 Å². The van der Waals surface area contributed by atoms with Crippen LogP contribution in [0.1, 0.15) is 44.2 Å². The van der Waals surface area contributed by atoms with Crippen molar-refractivity contribution < 1.29 is 14.9 Å². The Morgan fingerprint density at radius 3 is 2.47 bits per heavy atom. The molecule has 0 aromatic heterocycles. The molecule has 0 spiro atoms. The molecule has 0 saturated heterocycles. The number of hydrogen-bond donors (Lipinski definition) is 3. The monoisotopic (exact) mass is 265 g/mol. The molecule has 0 bridgehead atoms. The Hall–Kier alpha value is -1.26. The lowest BCUT2D eigenvalue weighted by Crippen LogP contribution is -2.25. The van der Waals surface area contributed by atoms with Gasteiger partial charge in [-0.25, -0.2) is 0 Å². The number of rotatable bonds is 6. The van der Waals surface area contributed by atoms with Gasteiger partial charge < -0.3 is 20.3 Å². The maximum atomic E-state index is 9.45. The Labute approximate surface area is 114 Å². The summed E-state index contributed by atoms with van der Waals surface area (Å²) in [5, 5.41) is 22.2. The zero-order valence-corrected chi connectivity index (χ0v) is 11.4. The number of hydrogen-bond acceptors (Lipinski definition) is 4. The first-order valence-electron chi connectivity index (χ1n) is 7.03. The molecule has 1 aromatic rings. The Bertz CT molecular complexity index is 382. The Kier molecular flexibility index (Phi) is 5.05. The Morgan fingerprint density at radius 1 is 1.21 bits per heavy atom. The molecule has 2 rings (SSSR count). The minimum Gasteiger partial charge on any atom is -0.508 e. The highest BCUT2D eigenvalue weighted by Crippen LogP contribution is 2.24. The summed E-state index contributed by atoms with van der Waals surface area (Å²) in [7, 11) is 0. The van der Waals surface area contributed by atoms with E-state index in [4.69, 9.17) is 4.74 Å². The average molecular weight is 265 g/mol. The average Bonchev–Trinajstić information content (AvgIpc) is 2.86. The van der Waals surface area contributed by atoms with Crippen LogP contribution in [0, 0.1) is 0 Å². The van der Waals surface area contributed by atoms with Crippen LogP contribution in [-0.4, -0.2) is 29.5 Å². The van der Waals surface area contributed by atoms with E-state index in [-0.39, 0.29) is 17.5 Å². The van der Waals surface area contributed by atoms with Crippen molar-refractivity contribution in [1.82, 2.24) is 5.32 Å². The second-order valence-corrected chi connectivity index (χ2v) is 5.24. The quantitative estimate of drug-likeness (QED) is 0.692.